The highest BCUT2D eigenvalue weighted by Crippen LogP contribution is 2.40. The van der Waals surface area contributed by atoms with Crippen LogP contribution < -0.4 is 9.47 Å². The van der Waals surface area contributed by atoms with E-state index >= 15 is 0 Å². The van der Waals surface area contributed by atoms with Gasteiger partial charge in [-0.1, -0.05) is 11.6 Å². The molecule has 1 saturated carbocycles. The van der Waals surface area contributed by atoms with E-state index in [1.165, 1.54) is 0 Å². The van der Waals surface area contributed by atoms with Crippen LogP contribution in [0.4, 0.5) is 0 Å². The maximum Gasteiger partial charge on any atom is 0.254 e. The van der Waals surface area contributed by atoms with Crippen molar-refractivity contribution in [1.82, 2.24) is 9.80 Å². The molecule has 1 saturated heterocycles. The summed E-state index contributed by atoms with van der Waals surface area (Å²) in [6.45, 7) is 1.91. The predicted molar refractivity (Wildman–Crippen MR) is 82.6 cm³/mol. The van der Waals surface area contributed by atoms with Crippen molar-refractivity contribution in [3.05, 3.63) is 22.7 Å². The first-order valence-electron chi connectivity index (χ1n) is 7.71. The van der Waals surface area contributed by atoms with Crippen molar-refractivity contribution in [3.8, 4) is 17.6 Å². The van der Waals surface area contributed by atoms with Crippen LogP contribution in [-0.2, 0) is 0 Å². The van der Waals surface area contributed by atoms with Crippen LogP contribution in [0, 0.1) is 11.3 Å². The fourth-order valence-corrected chi connectivity index (χ4v) is 3.48. The van der Waals surface area contributed by atoms with Crippen molar-refractivity contribution in [1.29, 1.82) is 5.26 Å². The molecular weight excluding hydrogens is 318 g/mol. The first kappa shape index (κ1) is 14.6. The number of hydrogen-bond acceptors (Lipinski definition) is 5. The molecule has 23 heavy (non-hydrogen) atoms. The van der Waals surface area contributed by atoms with Crippen LogP contribution in [-0.4, -0.2) is 54.2 Å². The number of carbonyl (C=O) groups is 1. The van der Waals surface area contributed by atoms with E-state index in [4.69, 9.17) is 21.1 Å². The SMILES string of the molecule is N#CC1CN(C(=O)c2cc(Cl)c3c(c2)OCO3)CCN1C1CC1. The fraction of sp³-hybridized carbons (Fsp3) is 0.500. The van der Waals surface area contributed by atoms with Gasteiger partial charge in [0.15, 0.2) is 11.5 Å². The quantitative estimate of drug-likeness (QED) is 0.826. The monoisotopic (exact) mass is 333 g/mol. The fourth-order valence-electron chi connectivity index (χ4n) is 3.21. The second-order valence-electron chi connectivity index (χ2n) is 6.06. The molecule has 3 aliphatic rings. The van der Waals surface area contributed by atoms with Gasteiger partial charge < -0.3 is 14.4 Å². The van der Waals surface area contributed by atoms with E-state index in [9.17, 15) is 10.1 Å². The first-order valence-corrected chi connectivity index (χ1v) is 8.09. The molecule has 1 aliphatic carbocycles. The summed E-state index contributed by atoms with van der Waals surface area (Å²) >= 11 is 6.15. The molecule has 2 aliphatic heterocycles. The number of rotatable bonds is 2. The molecular formula is C16H16ClN3O3. The van der Waals surface area contributed by atoms with Gasteiger partial charge in [-0.3, -0.25) is 9.69 Å². The smallest absolute Gasteiger partial charge is 0.254 e. The van der Waals surface area contributed by atoms with Crippen LogP contribution in [0.3, 0.4) is 0 Å². The molecule has 0 radical (unpaired) electrons. The van der Waals surface area contributed by atoms with E-state index in [1.807, 2.05) is 0 Å². The first-order chi connectivity index (χ1) is 11.2. The molecule has 0 aromatic heterocycles. The van der Waals surface area contributed by atoms with Gasteiger partial charge in [0.1, 0.15) is 6.04 Å². The zero-order valence-electron chi connectivity index (χ0n) is 12.5. The Labute approximate surface area is 139 Å². The van der Waals surface area contributed by atoms with Crippen LogP contribution in [0.15, 0.2) is 12.1 Å². The Morgan fingerprint density at radius 3 is 2.87 bits per heavy atom. The summed E-state index contributed by atoms with van der Waals surface area (Å²) in [4.78, 5) is 16.7. The van der Waals surface area contributed by atoms with E-state index in [0.29, 0.717) is 41.2 Å². The summed E-state index contributed by atoms with van der Waals surface area (Å²) in [5, 5.41) is 9.76. The Morgan fingerprint density at radius 2 is 2.13 bits per heavy atom. The minimum Gasteiger partial charge on any atom is -0.454 e. The topological polar surface area (TPSA) is 65.8 Å². The lowest BCUT2D eigenvalue weighted by Gasteiger charge is -2.38. The van der Waals surface area contributed by atoms with E-state index in [1.54, 1.807) is 17.0 Å². The average molecular weight is 334 g/mol. The van der Waals surface area contributed by atoms with E-state index in [0.717, 1.165) is 19.4 Å². The van der Waals surface area contributed by atoms with Crippen molar-refractivity contribution in [2.24, 2.45) is 0 Å². The number of fused-ring (bicyclic) bond motifs is 1. The van der Waals surface area contributed by atoms with Gasteiger partial charge in [0, 0.05) is 31.2 Å². The second kappa shape index (κ2) is 5.59. The third kappa shape index (κ3) is 2.60. The highest BCUT2D eigenvalue weighted by atomic mass is 35.5. The number of ether oxygens (including phenoxy) is 2. The normalized spacial score (nSPS) is 23.7. The number of nitrogens with zero attached hydrogens (tertiary/aromatic N) is 3. The molecule has 120 valence electrons. The number of benzene rings is 1. The zero-order valence-corrected chi connectivity index (χ0v) is 13.3. The van der Waals surface area contributed by atoms with Gasteiger partial charge >= 0.3 is 0 Å². The minimum absolute atomic E-state index is 0.114. The van der Waals surface area contributed by atoms with Crippen molar-refractivity contribution in [2.75, 3.05) is 26.4 Å². The van der Waals surface area contributed by atoms with Gasteiger partial charge in [0.25, 0.3) is 5.91 Å². The Kier molecular flexibility index (Phi) is 3.55. The molecule has 2 heterocycles. The highest BCUT2D eigenvalue weighted by Gasteiger charge is 2.38. The summed E-state index contributed by atoms with van der Waals surface area (Å²) in [7, 11) is 0. The Morgan fingerprint density at radius 1 is 1.30 bits per heavy atom. The average Bonchev–Trinajstić information content (AvgIpc) is 3.30. The lowest BCUT2D eigenvalue weighted by atomic mass is 10.1. The Hall–Kier alpha value is -1.97. The van der Waals surface area contributed by atoms with E-state index in [2.05, 4.69) is 11.0 Å². The van der Waals surface area contributed by atoms with Gasteiger partial charge in [-0.15, -0.1) is 0 Å². The molecule has 6 nitrogen and oxygen atoms in total. The number of nitriles is 1. The van der Waals surface area contributed by atoms with Crippen molar-refractivity contribution in [3.63, 3.8) is 0 Å². The summed E-state index contributed by atoms with van der Waals surface area (Å²) in [6.07, 6.45) is 2.31. The molecule has 4 rings (SSSR count). The van der Waals surface area contributed by atoms with E-state index < -0.39 is 0 Å². The lowest BCUT2D eigenvalue weighted by molar-refractivity contribution is 0.0550. The van der Waals surface area contributed by atoms with Gasteiger partial charge in [0.2, 0.25) is 6.79 Å². The van der Waals surface area contributed by atoms with Gasteiger partial charge in [-0.25, -0.2) is 0 Å². The van der Waals surface area contributed by atoms with Crippen molar-refractivity contribution in [2.45, 2.75) is 24.9 Å². The molecule has 7 heteroatoms. The maximum absolute atomic E-state index is 12.7. The number of piperazine rings is 1. The number of amides is 1. The van der Waals surface area contributed by atoms with Crippen LogP contribution in [0.2, 0.25) is 5.02 Å². The molecule has 2 fully saturated rings. The molecule has 1 aromatic carbocycles. The van der Waals surface area contributed by atoms with Gasteiger partial charge in [-0.2, -0.15) is 5.26 Å². The summed E-state index contributed by atoms with van der Waals surface area (Å²) in [5.41, 5.74) is 0.468. The third-order valence-electron chi connectivity index (χ3n) is 4.55. The molecule has 0 spiro atoms. The van der Waals surface area contributed by atoms with Crippen LogP contribution >= 0.6 is 11.6 Å². The van der Waals surface area contributed by atoms with Crippen molar-refractivity contribution >= 4 is 17.5 Å². The van der Waals surface area contributed by atoms with Crippen LogP contribution in [0.5, 0.6) is 11.5 Å². The van der Waals surface area contributed by atoms with E-state index in [-0.39, 0.29) is 18.7 Å². The maximum atomic E-state index is 12.7. The molecule has 1 unspecified atom stereocenters. The molecule has 1 atom stereocenters. The lowest BCUT2D eigenvalue weighted by Crippen LogP contribution is -2.54. The molecule has 0 bridgehead atoms. The molecule has 0 N–H and O–H groups in total. The van der Waals surface area contributed by atoms with Crippen LogP contribution in [0.1, 0.15) is 23.2 Å². The third-order valence-corrected chi connectivity index (χ3v) is 4.83. The molecule has 1 aromatic rings. The number of halogens is 1. The zero-order chi connectivity index (χ0) is 16.0. The minimum atomic E-state index is -0.232. The predicted octanol–water partition coefficient (Wildman–Crippen LogP) is 1.88. The summed E-state index contributed by atoms with van der Waals surface area (Å²) < 4.78 is 10.6. The number of hydrogen-bond donors (Lipinski definition) is 0. The highest BCUT2D eigenvalue weighted by molar-refractivity contribution is 6.32. The number of carbonyl (C=O) groups excluding carboxylic acids is 1. The second-order valence-corrected chi connectivity index (χ2v) is 6.46. The van der Waals surface area contributed by atoms with Crippen LogP contribution in [0.25, 0.3) is 0 Å². The largest absolute Gasteiger partial charge is 0.454 e. The summed E-state index contributed by atoms with van der Waals surface area (Å²) in [6, 6.07) is 5.88. The Balaban J connectivity index is 1.53. The Bertz CT molecular complexity index is 699. The van der Waals surface area contributed by atoms with Gasteiger partial charge in [-0.05, 0) is 25.0 Å². The van der Waals surface area contributed by atoms with Crippen molar-refractivity contribution < 1.29 is 14.3 Å². The summed E-state index contributed by atoms with van der Waals surface area (Å²) in [5.74, 6) is 0.854. The molecule has 1 amide bonds. The van der Waals surface area contributed by atoms with Gasteiger partial charge in [0.05, 0.1) is 11.1 Å². The standard InChI is InChI=1S/C16H16ClN3O3/c17-13-5-10(6-14-15(13)23-9-22-14)16(21)19-3-4-20(11-1-2-11)12(7-18)8-19/h5-6,11-12H,1-4,8-9H2.